The molecule has 1 saturated heterocycles. The molecule has 16 heteroatoms. The molecule has 3 aromatic rings. The van der Waals surface area contributed by atoms with Gasteiger partial charge in [0.2, 0.25) is 0 Å². The highest BCUT2D eigenvalue weighted by atomic mass is 31.2. The fourth-order valence-electron chi connectivity index (χ4n) is 3.88. The van der Waals surface area contributed by atoms with Gasteiger partial charge in [0.1, 0.15) is 42.6 Å². The van der Waals surface area contributed by atoms with Crippen molar-refractivity contribution < 1.29 is 33.5 Å². The number of aliphatic hydroxyl groups is 2. The van der Waals surface area contributed by atoms with Crippen molar-refractivity contribution in [1.29, 1.82) is 0 Å². The first-order valence-corrected chi connectivity index (χ1v) is 13.2. The van der Waals surface area contributed by atoms with E-state index in [0.29, 0.717) is 12.1 Å². The molecule has 4 N–H and O–H groups in total. The topological polar surface area (TPSA) is 207 Å². The van der Waals surface area contributed by atoms with Crippen molar-refractivity contribution >= 4 is 19.4 Å². The van der Waals surface area contributed by atoms with Gasteiger partial charge in [0.05, 0.1) is 19.8 Å². The van der Waals surface area contributed by atoms with E-state index in [4.69, 9.17) is 19.5 Å². The molecular weight excluding hydrogens is 523 g/mol. The van der Waals surface area contributed by atoms with Crippen LogP contribution in [0.15, 0.2) is 53.6 Å². The van der Waals surface area contributed by atoms with Crippen LogP contribution in [0.2, 0.25) is 0 Å². The van der Waals surface area contributed by atoms with Gasteiger partial charge in [-0.1, -0.05) is 35.3 Å². The van der Waals surface area contributed by atoms with Gasteiger partial charge in [-0.2, -0.15) is 4.98 Å². The Labute approximate surface area is 216 Å². The normalized spacial score (nSPS) is 22.8. The standard InChI is InChI=1S/C22H27N6O9P/c1-26-15(11-24-21(26)28(32)33)12-35-38(34,10-8-14-5-3-2-4-6-14)36-13-16-18(29)19(30)20(37-16)27-9-7-17(23)25-22(27)31/h2-7,9,11,16,18-20,29-30H,8,10,12-13H2,1H3,(H2,23,25,31)/t16-,18-,19+,20-,38?/m1/s1. The van der Waals surface area contributed by atoms with Crippen LogP contribution in [0.25, 0.3) is 0 Å². The number of nitrogens with zero attached hydrogens (tertiary/aromatic N) is 5. The maximum Gasteiger partial charge on any atom is 0.434 e. The summed E-state index contributed by atoms with van der Waals surface area (Å²) >= 11 is 0. The third kappa shape index (κ3) is 6.15. The smallest absolute Gasteiger partial charge is 0.390 e. The molecule has 38 heavy (non-hydrogen) atoms. The minimum atomic E-state index is -3.87. The second-order valence-corrected chi connectivity index (χ2v) is 10.8. The Hall–Kier alpha value is -3.46. The van der Waals surface area contributed by atoms with Crippen LogP contribution in [0.5, 0.6) is 0 Å². The van der Waals surface area contributed by atoms with Gasteiger partial charge in [-0.15, -0.1) is 0 Å². The zero-order valence-electron chi connectivity index (χ0n) is 20.3. The molecular formula is C22H27N6O9P. The summed E-state index contributed by atoms with van der Waals surface area (Å²) in [6.45, 7) is -0.737. The highest BCUT2D eigenvalue weighted by molar-refractivity contribution is 7.53. The van der Waals surface area contributed by atoms with E-state index < -0.39 is 55.3 Å². The zero-order chi connectivity index (χ0) is 27.4. The van der Waals surface area contributed by atoms with Gasteiger partial charge in [0.15, 0.2) is 6.23 Å². The van der Waals surface area contributed by atoms with E-state index >= 15 is 0 Å². The fraction of sp³-hybridized carbons (Fsp3) is 0.409. The van der Waals surface area contributed by atoms with Crippen LogP contribution in [-0.2, 0) is 38.4 Å². The van der Waals surface area contributed by atoms with Crippen molar-refractivity contribution in [2.24, 2.45) is 7.05 Å². The molecule has 204 valence electrons. The quantitative estimate of drug-likeness (QED) is 0.172. The number of hydrogen-bond acceptors (Lipinski definition) is 12. The number of imidazole rings is 1. The summed E-state index contributed by atoms with van der Waals surface area (Å²) in [6.07, 6.45) is -2.64. The number of benzene rings is 1. The third-order valence-electron chi connectivity index (χ3n) is 6.05. The number of nitro groups is 1. The highest BCUT2D eigenvalue weighted by Gasteiger charge is 2.45. The number of hydrogen-bond donors (Lipinski definition) is 3. The third-order valence-corrected chi connectivity index (χ3v) is 7.88. The lowest BCUT2D eigenvalue weighted by Gasteiger charge is -2.21. The lowest BCUT2D eigenvalue weighted by molar-refractivity contribution is -0.396. The van der Waals surface area contributed by atoms with E-state index in [2.05, 4.69) is 9.97 Å². The first-order valence-electron chi connectivity index (χ1n) is 11.5. The summed E-state index contributed by atoms with van der Waals surface area (Å²) < 4.78 is 32.8. The average Bonchev–Trinajstić information content (AvgIpc) is 3.40. The van der Waals surface area contributed by atoms with Crippen LogP contribution in [0.3, 0.4) is 0 Å². The SMILES string of the molecule is Cn1c(COP(=O)(CCc2ccccc2)OC[C@H]2O[C@@H](n3ccc(N)nc3=O)[C@@H](O)[C@@H]2O)cnc1[N+](=O)[O-]. The van der Waals surface area contributed by atoms with Crippen molar-refractivity contribution in [3.05, 3.63) is 80.6 Å². The second-order valence-electron chi connectivity index (χ2n) is 8.59. The van der Waals surface area contributed by atoms with E-state index in [1.807, 2.05) is 30.3 Å². The largest absolute Gasteiger partial charge is 0.434 e. The Kier molecular flexibility index (Phi) is 8.35. The number of aliphatic hydroxyl groups excluding tert-OH is 2. The maximum absolute atomic E-state index is 13.7. The molecule has 1 unspecified atom stereocenters. The molecule has 1 aliphatic heterocycles. The van der Waals surface area contributed by atoms with Crippen LogP contribution in [0.1, 0.15) is 17.5 Å². The van der Waals surface area contributed by atoms with Crippen molar-refractivity contribution in [2.75, 3.05) is 18.5 Å². The molecule has 1 fully saturated rings. The van der Waals surface area contributed by atoms with Gasteiger partial charge in [-0.25, -0.2) is 9.36 Å². The van der Waals surface area contributed by atoms with E-state index in [-0.39, 0.29) is 18.6 Å². The molecule has 0 saturated carbocycles. The molecule has 0 spiro atoms. The van der Waals surface area contributed by atoms with E-state index in [1.165, 1.54) is 30.1 Å². The predicted octanol–water partition coefficient (Wildman–Crippen LogP) is 0.756. The van der Waals surface area contributed by atoms with Crippen LogP contribution >= 0.6 is 7.60 Å². The van der Waals surface area contributed by atoms with Crippen molar-refractivity contribution in [2.45, 2.75) is 37.6 Å². The Morgan fingerprint density at radius 1 is 1.21 bits per heavy atom. The van der Waals surface area contributed by atoms with Gasteiger partial charge >= 0.3 is 19.2 Å². The predicted molar refractivity (Wildman–Crippen MR) is 132 cm³/mol. The van der Waals surface area contributed by atoms with Crippen LogP contribution in [0, 0.1) is 10.1 Å². The zero-order valence-corrected chi connectivity index (χ0v) is 21.2. The Morgan fingerprint density at radius 2 is 1.95 bits per heavy atom. The average molecular weight is 550 g/mol. The summed E-state index contributed by atoms with van der Waals surface area (Å²) in [5, 5.41) is 32.1. The Morgan fingerprint density at radius 3 is 2.61 bits per heavy atom. The first-order chi connectivity index (χ1) is 18.1. The number of nitrogen functional groups attached to an aromatic ring is 1. The lowest BCUT2D eigenvalue weighted by atomic mass is 10.1. The molecule has 0 amide bonds. The lowest BCUT2D eigenvalue weighted by Crippen LogP contribution is -2.36. The molecule has 1 aromatic carbocycles. The molecule has 1 aliphatic rings. The minimum Gasteiger partial charge on any atom is -0.390 e. The van der Waals surface area contributed by atoms with Crippen molar-refractivity contribution in [3.63, 3.8) is 0 Å². The minimum absolute atomic E-state index is 0.0190. The van der Waals surface area contributed by atoms with Crippen LogP contribution in [-0.4, -0.2) is 65.3 Å². The summed E-state index contributed by atoms with van der Waals surface area (Å²) in [4.78, 5) is 29.9. The van der Waals surface area contributed by atoms with Gasteiger partial charge in [-0.05, 0) is 23.0 Å². The molecule has 15 nitrogen and oxygen atoms in total. The molecule has 0 bridgehead atoms. The first kappa shape index (κ1) is 27.6. The summed E-state index contributed by atoms with van der Waals surface area (Å²) in [6, 6.07) is 10.5. The van der Waals surface area contributed by atoms with Gasteiger partial charge in [0.25, 0.3) is 0 Å². The summed E-state index contributed by atoms with van der Waals surface area (Å²) in [7, 11) is -2.44. The molecule has 2 aromatic heterocycles. The van der Waals surface area contributed by atoms with E-state index in [0.717, 1.165) is 10.1 Å². The molecule has 3 heterocycles. The number of aromatic nitrogens is 4. The van der Waals surface area contributed by atoms with Crippen molar-refractivity contribution in [1.82, 2.24) is 19.1 Å². The van der Waals surface area contributed by atoms with E-state index in [9.17, 15) is 29.7 Å². The van der Waals surface area contributed by atoms with Gasteiger partial charge in [-0.3, -0.25) is 9.13 Å². The molecule has 4 rings (SSSR count). The van der Waals surface area contributed by atoms with Gasteiger partial charge in [0, 0.05) is 6.20 Å². The molecule has 0 aliphatic carbocycles. The van der Waals surface area contributed by atoms with Crippen molar-refractivity contribution in [3.8, 4) is 0 Å². The maximum atomic E-state index is 13.7. The number of rotatable bonds is 11. The molecule has 0 radical (unpaired) electrons. The number of anilines is 1. The second kappa shape index (κ2) is 11.5. The monoisotopic (exact) mass is 550 g/mol. The van der Waals surface area contributed by atoms with Crippen LogP contribution in [0.4, 0.5) is 11.8 Å². The fourth-order valence-corrected chi connectivity index (χ4v) is 5.45. The van der Waals surface area contributed by atoms with Gasteiger partial charge < -0.3 is 39.8 Å². The number of nitrogens with two attached hydrogens (primary N) is 1. The molecule has 5 atom stereocenters. The van der Waals surface area contributed by atoms with E-state index in [1.54, 1.807) is 0 Å². The van der Waals surface area contributed by atoms with Crippen LogP contribution < -0.4 is 11.4 Å². The summed E-state index contributed by atoms with van der Waals surface area (Å²) in [5.74, 6) is -0.423. The Balaban J connectivity index is 1.47. The summed E-state index contributed by atoms with van der Waals surface area (Å²) in [5.41, 5.74) is 5.88. The Bertz CT molecular complexity index is 1380. The number of aryl methyl sites for hydroxylation is 1. The number of ether oxygens (including phenoxy) is 1. The highest BCUT2D eigenvalue weighted by Crippen LogP contribution is 2.50.